The third kappa shape index (κ3) is 4.53. The molecule has 1 N–H and O–H groups in total. The summed E-state index contributed by atoms with van der Waals surface area (Å²) in [6, 6.07) is 18.6. The van der Waals surface area contributed by atoms with Gasteiger partial charge in [-0.2, -0.15) is 4.98 Å². The molecule has 1 saturated heterocycles. The van der Waals surface area contributed by atoms with Crippen LogP contribution in [0.4, 0.5) is 5.69 Å². The molecule has 5 rings (SSSR count). The van der Waals surface area contributed by atoms with E-state index >= 15 is 0 Å². The Bertz CT molecular complexity index is 1300. The molecule has 1 fully saturated rings. The predicted molar refractivity (Wildman–Crippen MR) is 127 cm³/mol. The number of anilines is 1. The maximum absolute atomic E-state index is 12.7. The van der Waals surface area contributed by atoms with Crippen LogP contribution in [0.3, 0.4) is 0 Å². The molecular weight excluding hydrogens is 460 g/mol. The second kappa shape index (κ2) is 9.17. The number of benzene rings is 2. The van der Waals surface area contributed by atoms with E-state index in [1.165, 1.54) is 11.3 Å². The van der Waals surface area contributed by atoms with Crippen molar-refractivity contribution in [3.63, 3.8) is 0 Å². The molecule has 2 amide bonds. The fraction of sp³-hybridized carbons (Fsp3) is 0.167. The van der Waals surface area contributed by atoms with Crippen LogP contribution in [0.5, 0.6) is 0 Å². The zero-order valence-electron chi connectivity index (χ0n) is 17.4. The average Bonchev–Trinajstić information content (AvgIpc) is 3.59. The number of thiophene rings is 1. The summed E-state index contributed by atoms with van der Waals surface area (Å²) in [6.45, 7) is 0.631. The summed E-state index contributed by atoms with van der Waals surface area (Å²) in [6.07, 6.45) is 0.156. The summed E-state index contributed by atoms with van der Waals surface area (Å²) in [5.74, 6) is 0.205. The maximum Gasteiger partial charge on any atom is 0.268 e. The van der Waals surface area contributed by atoms with Gasteiger partial charge in [0.2, 0.25) is 17.6 Å². The van der Waals surface area contributed by atoms with Crippen molar-refractivity contribution < 1.29 is 14.1 Å². The van der Waals surface area contributed by atoms with Gasteiger partial charge in [-0.3, -0.25) is 9.59 Å². The van der Waals surface area contributed by atoms with E-state index in [1.807, 2.05) is 60.0 Å². The molecule has 1 unspecified atom stereocenters. The molecule has 1 aliphatic rings. The summed E-state index contributed by atoms with van der Waals surface area (Å²) >= 11 is 7.68. The molecule has 0 aliphatic carbocycles. The molecule has 3 heterocycles. The number of carbonyl (C=O) groups is 2. The fourth-order valence-electron chi connectivity index (χ4n) is 3.76. The summed E-state index contributed by atoms with van der Waals surface area (Å²) in [5, 5.41) is 9.51. The van der Waals surface area contributed by atoms with Crippen LogP contribution in [0.1, 0.15) is 12.0 Å². The van der Waals surface area contributed by atoms with Crippen molar-refractivity contribution in [3.05, 3.63) is 76.6 Å². The highest BCUT2D eigenvalue weighted by atomic mass is 35.5. The lowest BCUT2D eigenvalue weighted by atomic mass is 10.1. The topological polar surface area (TPSA) is 88.3 Å². The number of nitrogens with one attached hydrogen (secondary N) is 1. The van der Waals surface area contributed by atoms with Gasteiger partial charge in [0, 0.05) is 35.8 Å². The third-order valence-electron chi connectivity index (χ3n) is 5.48. The van der Waals surface area contributed by atoms with Crippen molar-refractivity contribution in [1.29, 1.82) is 0 Å². The molecule has 2 aromatic heterocycles. The first kappa shape index (κ1) is 21.4. The Hall–Kier alpha value is -3.49. The Balaban J connectivity index is 1.28. The van der Waals surface area contributed by atoms with Crippen molar-refractivity contribution in [2.24, 2.45) is 5.92 Å². The minimum atomic E-state index is -0.431. The second-order valence-electron chi connectivity index (χ2n) is 7.67. The first-order valence-corrected chi connectivity index (χ1v) is 11.6. The number of halogens is 1. The zero-order valence-corrected chi connectivity index (χ0v) is 19.0. The lowest BCUT2D eigenvalue weighted by molar-refractivity contribution is -0.126. The van der Waals surface area contributed by atoms with Gasteiger partial charge in [0.1, 0.15) is 0 Å². The van der Waals surface area contributed by atoms with Crippen LogP contribution < -0.4 is 10.2 Å². The molecule has 1 aliphatic heterocycles. The van der Waals surface area contributed by atoms with Gasteiger partial charge in [-0.25, -0.2) is 0 Å². The molecule has 4 aromatic rings. The molecular formula is C24H19ClN4O3S. The first-order chi connectivity index (χ1) is 16.1. The van der Waals surface area contributed by atoms with Crippen molar-refractivity contribution in [1.82, 2.24) is 15.5 Å². The summed E-state index contributed by atoms with van der Waals surface area (Å²) in [7, 11) is 0. The van der Waals surface area contributed by atoms with Crippen LogP contribution in [-0.2, 0) is 16.1 Å². The van der Waals surface area contributed by atoms with Gasteiger partial charge < -0.3 is 14.7 Å². The van der Waals surface area contributed by atoms with Gasteiger partial charge >= 0.3 is 0 Å². The number of nitrogens with zero attached hydrogens (tertiary/aromatic N) is 3. The maximum atomic E-state index is 12.7. The number of aromatic nitrogens is 2. The predicted octanol–water partition coefficient (Wildman–Crippen LogP) is 4.79. The Kier molecular flexibility index (Phi) is 5.93. The van der Waals surface area contributed by atoms with Crippen molar-refractivity contribution in [2.75, 3.05) is 11.4 Å². The highest BCUT2D eigenvalue weighted by molar-refractivity contribution is 7.13. The fourth-order valence-corrected chi connectivity index (χ4v) is 4.60. The van der Waals surface area contributed by atoms with Gasteiger partial charge in [-0.05, 0) is 35.2 Å². The minimum Gasteiger partial charge on any atom is -0.352 e. The number of carbonyl (C=O) groups excluding carboxylic acids is 2. The number of hydrogen-bond acceptors (Lipinski definition) is 6. The highest BCUT2D eigenvalue weighted by Gasteiger charge is 2.35. The number of amides is 2. The lowest BCUT2D eigenvalue weighted by Gasteiger charge is -2.17. The molecule has 1 atom stereocenters. The Labute approximate surface area is 199 Å². The first-order valence-electron chi connectivity index (χ1n) is 10.4. The Morgan fingerprint density at radius 3 is 2.88 bits per heavy atom. The van der Waals surface area contributed by atoms with E-state index in [9.17, 15) is 9.59 Å². The largest absolute Gasteiger partial charge is 0.352 e. The van der Waals surface area contributed by atoms with Crippen LogP contribution in [0.2, 0.25) is 5.02 Å². The van der Waals surface area contributed by atoms with E-state index < -0.39 is 5.92 Å². The van der Waals surface area contributed by atoms with Gasteiger partial charge in [0.15, 0.2) is 0 Å². The molecule has 0 spiro atoms. The van der Waals surface area contributed by atoms with Crippen LogP contribution in [0, 0.1) is 5.92 Å². The zero-order chi connectivity index (χ0) is 22.8. The highest BCUT2D eigenvalue weighted by Crippen LogP contribution is 2.30. The van der Waals surface area contributed by atoms with E-state index in [0.717, 1.165) is 16.0 Å². The quantitative estimate of drug-likeness (QED) is 0.430. The number of rotatable bonds is 6. The normalized spacial score (nSPS) is 15.7. The second-order valence-corrected chi connectivity index (χ2v) is 9.02. The van der Waals surface area contributed by atoms with Crippen molar-refractivity contribution in [3.8, 4) is 22.2 Å². The van der Waals surface area contributed by atoms with E-state index in [-0.39, 0.29) is 18.2 Å². The molecule has 166 valence electrons. The average molecular weight is 479 g/mol. The smallest absolute Gasteiger partial charge is 0.268 e. The molecule has 7 nitrogen and oxygen atoms in total. The monoisotopic (exact) mass is 478 g/mol. The van der Waals surface area contributed by atoms with Crippen LogP contribution in [0.15, 0.2) is 70.6 Å². The molecule has 9 heteroatoms. The van der Waals surface area contributed by atoms with Crippen LogP contribution in [0.25, 0.3) is 22.2 Å². The molecule has 0 bridgehead atoms. The van der Waals surface area contributed by atoms with E-state index in [2.05, 4.69) is 15.5 Å². The van der Waals surface area contributed by atoms with Crippen LogP contribution >= 0.6 is 22.9 Å². The van der Waals surface area contributed by atoms with Gasteiger partial charge in [-0.15, -0.1) is 11.3 Å². The van der Waals surface area contributed by atoms with Gasteiger partial charge in [0.05, 0.1) is 10.8 Å². The number of hydrogen-bond donors (Lipinski definition) is 1. The van der Waals surface area contributed by atoms with E-state index in [0.29, 0.717) is 35.5 Å². The van der Waals surface area contributed by atoms with E-state index in [4.69, 9.17) is 16.1 Å². The Morgan fingerprint density at radius 1 is 1.18 bits per heavy atom. The van der Waals surface area contributed by atoms with Crippen molar-refractivity contribution in [2.45, 2.75) is 13.0 Å². The Morgan fingerprint density at radius 2 is 2.06 bits per heavy atom. The minimum absolute atomic E-state index is 0.0996. The molecule has 33 heavy (non-hydrogen) atoms. The lowest BCUT2D eigenvalue weighted by Crippen LogP contribution is -2.32. The summed E-state index contributed by atoms with van der Waals surface area (Å²) in [5.41, 5.74) is 2.27. The van der Waals surface area contributed by atoms with Crippen LogP contribution in [-0.4, -0.2) is 28.5 Å². The summed E-state index contributed by atoms with van der Waals surface area (Å²) in [4.78, 5) is 32.4. The van der Waals surface area contributed by atoms with E-state index in [1.54, 1.807) is 11.0 Å². The van der Waals surface area contributed by atoms with Crippen molar-refractivity contribution >= 4 is 40.4 Å². The summed E-state index contributed by atoms with van der Waals surface area (Å²) < 4.78 is 5.38. The molecule has 0 radical (unpaired) electrons. The molecule has 0 saturated carbocycles. The van der Waals surface area contributed by atoms with Gasteiger partial charge in [0.25, 0.3) is 5.89 Å². The van der Waals surface area contributed by atoms with Gasteiger partial charge in [-0.1, -0.05) is 53.2 Å². The standard InChI is InChI=1S/C24H19ClN4O3S/c25-19-8-2-1-5-16(19)13-26-23(31)17-12-21(30)29(14-17)18-7-3-6-15(11-18)22-27-24(32-28-22)20-9-4-10-33-20/h1-11,17H,12-14H2,(H,26,31). The third-order valence-corrected chi connectivity index (χ3v) is 6.71. The molecule has 2 aromatic carbocycles. The SMILES string of the molecule is O=C(NCc1ccccc1Cl)C1CC(=O)N(c2cccc(-c3noc(-c4cccs4)n3)c2)C1.